The molecule has 2 saturated heterocycles. The summed E-state index contributed by atoms with van der Waals surface area (Å²) in [6.07, 6.45) is 2.32. The Kier molecular flexibility index (Phi) is 3.10. The van der Waals surface area contributed by atoms with Crippen LogP contribution in [0.4, 0.5) is 0 Å². The highest BCUT2D eigenvalue weighted by Crippen LogP contribution is 2.30. The number of rotatable bonds is 3. The lowest BCUT2D eigenvalue weighted by molar-refractivity contribution is -0.145. The minimum atomic E-state index is -0.225. The Morgan fingerprint density at radius 1 is 1.29 bits per heavy atom. The molecular formula is C11H21NO2. The van der Waals surface area contributed by atoms with Gasteiger partial charge in [0.2, 0.25) is 0 Å². The second-order valence-electron chi connectivity index (χ2n) is 4.82. The third-order valence-electron chi connectivity index (χ3n) is 3.11. The summed E-state index contributed by atoms with van der Waals surface area (Å²) in [4.78, 5) is 2.46. The van der Waals surface area contributed by atoms with E-state index in [9.17, 15) is 0 Å². The summed E-state index contributed by atoms with van der Waals surface area (Å²) in [5, 5.41) is 0. The average molecular weight is 199 g/mol. The van der Waals surface area contributed by atoms with Crippen LogP contribution in [0.1, 0.15) is 26.7 Å². The van der Waals surface area contributed by atoms with E-state index in [0.29, 0.717) is 0 Å². The van der Waals surface area contributed by atoms with E-state index in [-0.39, 0.29) is 5.79 Å². The molecule has 0 amide bonds. The summed E-state index contributed by atoms with van der Waals surface area (Å²) in [5.74, 6) is 0.564. The van der Waals surface area contributed by atoms with Crippen molar-refractivity contribution >= 4 is 0 Å². The molecule has 0 saturated carbocycles. The van der Waals surface area contributed by atoms with Crippen molar-refractivity contribution in [2.75, 3.05) is 32.8 Å². The Labute approximate surface area is 86.4 Å². The van der Waals surface area contributed by atoms with Crippen LogP contribution >= 0.6 is 0 Å². The molecule has 0 unspecified atom stereocenters. The van der Waals surface area contributed by atoms with E-state index in [2.05, 4.69) is 18.7 Å². The lowest BCUT2D eigenvalue weighted by Gasteiger charge is -2.22. The molecule has 3 heteroatoms. The topological polar surface area (TPSA) is 21.7 Å². The Bertz CT molecular complexity index is 188. The van der Waals surface area contributed by atoms with Crippen molar-refractivity contribution in [3.8, 4) is 0 Å². The van der Waals surface area contributed by atoms with Gasteiger partial charge in [0.05, 0.1) is 19.8 Å². The quantitative estimate of drug-likeness (QED) is 0.687. The van der Waals surface area contributed by atoms with Crippen molar-refractivity contribution < 1.29 is 9.47 Å². The molecule has 2 fully saturated rings. The van der Waals surface area contributed by atoms with Gasteiger partial charge in [-0.15, -0.1) is 0 Å². The molecule has 0 aliphatic carbocycles. The maximum atomic E-state index is 5.67. The fourth-order valence-corrected chi connectivity index (χ4v) is 2.19. The van der Waals surface area contributed by atoms with E-state index in [4.69, 9.17) is 9.47 Å². The van der Waals surface area contributed by atoms with Crippen LogP contribution in [0.15, 0.2) is 0 Å². The summed E-state index contributed by atoms with van der Waals surface area (Å²) < 4.78 is 11.3. The number of hydrogen-bond acceptors (Lipinski definition) is 3. The van der Waals surface area contributed by atoms with Crippen LogP contribution in [0.2, 0.25) is 0 Å². The van der Waals surface area contributed by atoms with E-state index in [1.54, 1.807) is 0 Å². The van der Waals surface area contributed by atoms with Crippen molar-refractivity contribution in [2.24, 2.45) is 5.92 Å². The zero-order valence-corrected chi connectivity index (χ0v) is 9.29. The summed E-state index contributed by atoms with van der Waals surface area (Å²) >= 11 is 0. The van der Waals surface area contributed by atoms with Crippen molar-refractivity contribution in [2.45, 2.75) is 32.5 Å². The monoisotopic (exact) mass is 199 g/mol. The summed E-state index contributed by atoms with van der Waals surface area (Å²) in [7, 11) is 0. The molecule has 0 aromatic rings. The number of ether oxygens (including phenoxy) is 2. The van der Waals surface area contributed by atoms with Crippen LogP contribution in [0.25, 0.3) is 0 Å². The second-order valence-corrected chi connectivity index (χ2v) is 4.82. The molecule has 0 atom stereocenters. The van der Waals surface area contributed by atoms with E-state index in [1.165, 1.54) is 13.0 Å². The molecule has 0 radical (unpaired) electrons. The van der Waals surface area contributed by atoms with Gasteiger partial charge in [0, 0.05) is 13.0 Å². The second kappa shape index (κ2) is 4.17. The molecule has 2 aliphatic heterocycles. The standard InChI is InChI=1S/C11H21NO2/c1-10(2)3-5-12-6-4-11(9-12)13-7-8-14-11/h10H,3-9H2,1-2H3. The smallest absolute Gasteiger partial charge is 0.182 e. The number of likely N-dealkylation sites (tertiary alicyclic amines) is 1. The van der Waals surface area contributed by atoms with E-state index >= 15 is 0 Å². The van der Waals surface area contributed by atoms with Crippen molar-refractivity contribution in [1.82, 2.24) is 4.90 Å². The van der Waals surface area contributed by atoms with Gasteiger partial charge in [-0.2, -0.15) is 0 Å². The van der Waals surface area contributed by atoms with Gasteiger partial charge in [0.25, 0.3) is 0 Å². The van der Waals surface area contributed by atoms with Crippen LogP contribution in [0.3, 0.4) is 0 Å². The van der Waals surface area contributed by atoms with Crippen LogP contribution in [0, 0.1) is 5.92 Å². The first kappa shape index (κ1) is 10.4. The minimum Gasteiger partial charge on any atom is -0.346 e. The normalized spacial score (nSPS) is 26.8. The lowest BCUT2D eigenvalue weighted by atomic mass is 10.1. The first-order valence-electron chi connectivity index (χ1n) is 5.70. The van der Waals surface area contributed by atoms with Crippen molar-refractivity contribution in [3.63, 3.8) is 0 Å². The Morgan fingerprint density at radius 3 is 2.64 bits per heavy atom. The number of nitrogens with zero attached hydrogens (tertiary/aromatic N) is 1. The zero-order valence-electron chi connectivity index (χ0n) is 9.29. The first-order chi connectivity index (χ1) is 6.70. The Morgan fingerprint density at radius 2 is 2.00 bits per heavy atom. The predicted molar refractivity (Wildman–Crippen MR) is 55.1 cm³/mol. The van der Waals surface area contributed by atoms with Gasteiger partial charge in [0.1, 0.15) is 0 Å². The highest BCUT2D eigenvalue weighted by Gasteiger charge is 2.42. The molecule has 3 nitrogen and oxygen atoms in total. The van der Waals surface area contributed by atoms with Gasteiger partial charge in [-0.1, -0.05) is 13.8 Å². The van der Waals surface area contributed by atoms with Crippen LogP contribution in [0.5, 0.6) is 0 Å². The molecule has 2 rings (SSSR count). The SMILES string of the molecule is CC(C)CCN1CCC2(C1)OCCO2. The van der Waals surface area contributed by atoms with Crippen LogP contribution in [-0.2, 0) is 9.47 Å². The summed E-state index contributed by atoms with van der Waals surface area (Å²) in [6, 6.07) is 0. The fourth-order valence-electron chi connectivity index (χ4n) is 2.19. The van der Waals surface area contributed by atoms with Gasteiger partial charge in [0.15, 0.2) is 5.79 Å². The average Bonchev–Trinajstić information content (AvgIpc) is 2.74. The van der Waals surface area contributed by atoms with Gasteiger partial charge in [-0.3, -0.25) is 4.90 Å². The molecule has 2 aliphatic rings. The summed E-state index contributed by atoms with van der Waals surface area (Å²) in [6.45, 7) is 9.39. The zero-order chi connectivity index (χ0) is 10.0. The third kappa shape index (κ3) is 2.27. The number of hydrogen-bond donors (Lipinski definition) is 0. The van der Waals surface area contributed by atoms with Gasteiger partial charge < -0.3 is 9.47 Å². The molecule has 82 valence electrons. The third-order valence-corrected chi connectivity index (χ3v) is 3.11. The fraction of sp³-hybridized carbons (Fsp3) is 1.00. The Hall–Kier alpha value is -0.120. The van der Waals surface area contributed by atoms with Gasteiger partial charge >= 0.3 is 0 Å². The maximum Gasteiger partial charge on any atom is 0.182 e. The molecule has 0 N–H and O–H groups in total. The molecule has 1 spiro atoms. The highest BCUT2D eigenvalue weighted by atomic mass is 16.7. The lowest BCUT2D eigenvalue weighted by Crippen LogP contribution is -2.34. The van der Waals surface area contributed by atoms with E-state index in [0.717, 1.165) is 38.6 Å². The highest BCUT2D eigenvalue weighted by molar-refractivity contribution is 4.86. The van der Waals surface area contributed by atoms with Gasteiger partial charge in [-0.25, -0.2) is 0 Å². The van der Waals surface area contributed by atoms with E-state index in [1.807, 2.05) is 0 Å². The van der Waals surface area contributed by atoms with Gasteiger partial charge in [-0.05, 0) is 18.9 Å². The molecule has 2 heterocycles. The molecular weight excluding hydrogens is 178 g/mol. The van der Waals surface area contributed by atoms with Crippen LogP contribution < -0.4 is 0 Å². The van der Waals surface area contributed by atoms with Crippen LogP contribution in [-0.4, -0.2) is 43.5 Å². The Balaban J connectivity index is 1.76. The maximum absolute atomic E-state index is 5.67. The molecule has 0 bridgehead atoms. The predicted octanol–water partition coefficient (Wildman–Crippen LogP) is 1.48. The summed E-state index contributed by atoms with van der Waals surface area (Å²) in [5.41, 5.74) is 0. The molecule has 0 aromatic carbocycles. The largest absolute Gasteiger partial charge is 0.346 e. The van der Waals surface area contributed by atoms with Crippen molar-refractivity contribution in [1.29, 1.82) is 0 Å². The minimum absolute atomic E-state index is 0.225. The molecule has 14 heavy (non-hydrogen) atoms. The molecule has 0 aromatic heterocycles. The van der Waals surface area contributed by atoms with E-state index < -0.39 is 0 Å². The van der Waals surface area contributed by atoms with Crippen molar-refractivity contribution in [3.05, 3.63) is 0 Å². The first-order valence-corrected chi connectivity index (χ1v) is 5.70.